The summed E-state index contributed by atoms with van der Waals surface area (Å²) in [4.78, 5) is 0. The van der Waals surface area contributed by atoms with E-state index in [1.165, 1.54) is 0 Å². The van der Waals surface area contributed by atoms with Crippen molar-refractivity contribution in [2.45, 2.75) is 5.69 Å². The third-order valence-electron chi connectivity index (χ3n) is 1.06. The Labute approximate surface area is 64.4 Å². The van der Waals surface area contributed by atoms with Gasteiger partial charge >= 0.3 is 0 Å². The van der Waals surface area contributed by atoms with Gasteiger partial charge < -0.3 is 10.4 Å². The van der Waals surface area contributed by atoms with Crippen LogP contribution in [0.3, 0.4) is 0 Å². The van der Waals surface area contributed by atoms with Gasteiger partial charge in [-0.3, -0.25) is 0 Å². The SMILES string of the molecule is OC(Cl)Nc1ccccc1. The number of hydrogen-bond acceptors (Lipinski definition) is 2. The maximum Gasteiger partial charge on any atom is 0.203 e. The van der Waals surface area contributed by atoms with Gasteiger partial charge in [0.1, 0.15) is 0 Å². The molecule has 0 aliphatic rings. The first kappa shape index (κ1) is 7.38. The Hall–Kier alpha value is -0.730. The molecule has 0 fully saturated rings. The Bertz CT molecular complexity index is 188. The normalized spacial score (nSPS) is 12.6. The quantitative estimate of drug-likeness (QED) is 0.389. The van der Waals surface area contributed by atoms with Crippen LogP contribution in [-0.4, -0.2) is 10.8 Å². The Morgan fingerprint density at radius 1 is 1.30 bits per heavy atom. The van der Waals surface area contributed by atoms with E-state index in [4.69, 9.17) is 16.7 Å². The number of anilines is 1. The summed E-state index contributed by atoms with van der Waals surface area (Å²) >= 11 is 5.26. The highest BCUT2D eigenvalue weighted by molar-refractivity contribution is 6.20. The van der Waals surface area contributed by atoms with E-state index in [0.29, 0.717) is 0 Å². The van der Waals surface area contributed by atoms with Crippen LogP contribution >= 0.6 is 11.6 Å². The number of halogens is 1. The summed E-state index contributed by atoms with van der Waals surface area (Å²) in [6.07, 6.45) is 0. The first-order valence-corrected chi connectivity index (χ1v) is 3.36. The molecule has 2 nitrogen and oxygen atoms in total. The minimum atomic E-state index is -1.01. The van der Waals surface area contributed by atoms with E-state index in [-0.39, 0.29) is 0 Å². The largest absolute Gasteiger partial charge is 0.361 e. The number of alkyl halides is 1. The zero-order valence-corrected chi connectivity index (χ0v) is 6.05. The molecule has 0 aliphatic carbocycles. The Morgan fingerprint density at radius 2 is 1.90 bits per heavy atom. The molecule has 0 aliphatic heterocycles. The average Bonchev–Trinajstić information content (AvgIpc) is 1.88. The molecule has 1 atom stereocenters. The second kappa shape index (κ2) is 3.44. The summed E-state index contributed by atoms with van der Waals surface area (Å²) in [5, 5.41) is 11.3. The van der Waals surface area contributed by atoms with Crippen molar-refractivity contribution in [3.63, 3.8) is 0 Å². The highest BCUT2D eigenvalue weighted by atomic mass is 35.5. The fourth-order valence-electron chi connectivity index (χ4n) is 0.672. The first-order chi connectivity index (χ1) is 4.79. The van der Waals surface area contributed by atoms with Crippen molar-refractivity contribution in [3.8, 4) is 0 Å². The lowest BCUT2D eigenvalue weighted by atomic mass is 10.3. The molecule has 0 aromatic heterocycles. The highest BCUT2D eigenvalue weighted by Gasteiger charge is 1.94. The number of para-hydroxylation sites is 1. The van der Waals surface area contributed by atoms with Gasteiger partial charge in [0.2, 0.25) is 5.69 Å². The predicted molar refractivity (Wildman–Crippen MR) is 41.9 cm³/mol. The fraction of sp³-hybridized carbons (Fsp3) is 0.143. The van der Waals surface area contributed by atoms with Gasteiger partial charge in [-0.05, 0) is 12.1 Å². The van der Waals surface area contributed by atoms with E-state index in [0.717, 1.165) is 5.69 Å². The second-order valence-corrected chi connectivity index (χ2v) is 2.26. The van der Waals surface area contributed by atoms with Crippen LogP contribution in [0.2, 0.25) is 0 Å². The van der Waals surface area contributed by atoms with E-state index in [1.807, 2.05) is 30.3 Å². The summed E-state index contributed by atoms with van der Waals surface area (Å²) in [7, 11) is 0. The van der Waals surface area contributed by atoms with Gasteiger partial charge in [0.25, 0.3) is 0 Å². The number of aliphatic hydroxyl groups is 1. The summed E-state index contributed by atoms with van der Waals surface area (Å²) in [5.74, 6) is 0. The molecular weight excluding hydrogens is 150 g/mol. The number of benzene rings is 1. The molecule has 2 N–H and O–H groups in total. The first-order valence-electron chi connectivity index (χ1n) is 2.93. The van der Waals surface area contributed by atoms with E-state index in [2.05, 4.69) is 5.32 Å². The molecule has 1 rings (SSSR count). The van der Waals surface area contributed by atoms with Gasteiger partial charge in [0.15, 0.2) is 0 Å². The van der Waals surface area contributed by atoms with Crippen molar-refractivity contribution >= 4 is 17.3 Å². The predicted octanol–water partition coefficient (Wildman–Crippen LogP) is 1.61. The molecule has 0 radical (unpaired) electrons. The van der Waals surface area contributed by atoms with Gasteiger partial charge in [0.05, 0.1) is 0 Å². The Morgan fingerprint density at radius 3 is 2.40 bits per heavy atom. The number of rotatable bonds is 2. The van der Waals surface area contributed by atoms with Gasteiger partial charge in [-0.15, -0.1) is 0 Å². The molecule has 0 heterocycles. The number of hydrogen-bond donors (Lipinski definition) is 2. The Balaban J connectivity index is 2.59. The Kier molecular flexibility index (Phi) is 2.54. The third kappa shape index (κ3) is 2.25. The van der Waals surface area contributed by atoms with Crippen LogP contribution in [0.1, 0.15) is 0 Å². The zero-order valence-electron chi connectivity index (χ0n) is 5.29. The molecule has 0 bridgehead atoms. The fourth-order valence-corrected chi connectivity index (χ4v) is 0.798. The molecule has 1 aromatic rings. The van der Waals surface area contributed by atoms with Crippen molar-refractivity contribution in [1.29, 1.82) is 0 Å². The van der Waals surface area contributed by atoms with Crippen LogP contribution in [0.5, 0.6) is 0 Å². The van der Waals surface area contributed by atoms with E-state index in [9.17, 15) is 0 Å². The highest BCUT2D eigenvalue weighted by Crippen LogP contribution is 2.06. The molecule has 1 aromatic carbocycles. The molecule has 10 heavy (non-hydrogen) atoms. The van der Waals surface area contributed by atoms with Crippen LogP contribution in [0.4, 0.5) is 5.69 Å². The van der Waals surface area contributed by atoms with E-state index >= 15 is 0 Å². The van der Waals surface area contributed by atoms with Crippen LogP contribution < -0.4 is 5.32 Å². The summed E-state index contributed by atoms with van der Waals surface area (Å²) < 4.78 is 0. The van der Waals surface area contributed by atoms with Gasteiger partial charge in [0, 0.05) is 5.69 Å². The third-order valence-corrected chi connectivity index (χ3v) is 1.17. The van der Waals surface area contributed by atoms with Crippen LogP contribution in [0.15, 0.2) is 30.3 Å². The maximum atomic E-state index is 8.66. The van der Waals surface area contributed by atoms with Crippen molar-refractivity contribution in [3.05, 3.63) is 30.3 Å². The molecule has 0 amide bonds. The molecule has 3 heteroatoms. The zero-order chi connectivity index (χ0) is 7.40. The van der Waals surface area contributed by atoms with E-state index < -0.39 is 5.69 Å². The molecule has 1 unspecified atom stereocenters. The summed E-state index contributed by atoms with van der Waals surface area (Å²) in [6, 6.07) is 9.27. The molecule has 0 spiro atoms. The van der Waals surface area contributed by atoms with Gasteiger partial charge in [-0.25, -0.2) is 0 Å². The second-order valence-electron chi connectivity index (χ2n) is 1.85. The lowest BCUT2D eigenvalue weighted by molar-refractivity contribution is 0.285. The van der Waals surface area contributed by atoms with Crippen LogP contribution in [0.25, 0.3) is 0 Å². The standard InChI is InChI=1S/C7H8ClNO/c8-7(10)9-6-4-2-1-3-5-6/h1-5,7,9-10H. The number of aliphatic hydroxyl groups excluding tert-OH is 1. The minimum absolute atomic E-state index is 0.810. The lowest BCUT2D eigenvalue weighted by Gasteiger charge is -2.05. The van der Waals surface area contributed by atoms with Gasteiger partial charge in [-0.1, -0.05) is 29.8 Å². The van der Waals surface area contributed by atoms with Crippen molar-refractivity contribution in [2.24, 2.45) is 0 Å². The van der Waals surface area contributed by atoms with Crippen molar-refractivity contribution in [2.75, 3.05) is 5.32 Å². The summed E-state index contributed by atoms with van der Waals surface area (Å²) in [5.41, 5.74) is -0.201. The molecule has 0 saturated carbocycles. The lowest BCUT2D eigenvalue weighted by Crippen LogP contribution is -2.09. The van der Waals surface area contributed by atoms with Crippen LogP contribution in [-0.2, 0) is 0 Å². The maximum absolute atomic E-state index is 8.66. The number of nitrogens with one attached hydrogen (secondary N) is 1. The van der Waals surface area contributed by atoms with Crippen LogP contribution in [0, 0.1) is 0 Å². The molecular formula is C7H8ClNO. The minimum Gasteiger partial charge on any atom is -0.361 e. The molecule has 54 valence electrons. The molecule has 0 saturated heterocycles. The average molecular weight is 158 g/mol. The van der Waals surface area contributed by atoms with Gasteiger partial charge in [-0.2, -0.15) is 0 Å². The van der Waals surface area contributed by atoms with Crippen molar-refractivity contribution in [1.82, 2.24) is 0 Å². The monoisotopic (exact) mass is 157 g/mol. The van der Waals surface area contributed by atoms with E-state index in [1.54, 1.807) is 0 Å². The van der Waals surface area contributed by atoms with Crippen molar-refractivity contribution < 1.29 is 5.11 Å². The summed E-state index contributed by atoms with van der Waals surface area (Å²) in [6.45, 7) is 0. The smallest absolute Gasteiger partial charge is 0.203 e. The topological polar surface area (TPSA) is 32.3 Å².